The molecule has 0 spiro atoms. The van der Waals surface area contributed by atoms with E-state index in [1.54, 1.807) is 12.1 Å². The number of para-hydroxylation sites is 1. The summed E-state index contributed by atoms with van der Waals surface area (Å²) in [6.07, 6.45) is -3.07. The summed E-state index contributed by atoms with van der Waals surface area (Å²) < 4.78 is 37.0. The average Bonchev–Trinajstić information content (AvgIpc) is 2.48. The third-order valence-corrected chi connectivity index (χ3v) is 4.41. The molecule has 0 saturated heterocycles. The zero-order valence-electron chi connectivity index (χ0n) is 11.3. The van der Waals surface area contributed by atoms with Gasteiger partial charge in [0, 0.05) is 11.1 Å². The Kier molecular flexibility index (Phi) is 5.78. The van der Waals surface area contributed by atoms with Crippen molar-refractivity contribution in [1.29, 1.82) is 0 Å². The summed E-state index contributed by atoms with van der Waals surface area (Å²) in [7, 11) is 0. The number of hydrogen-bond donors (Lipinski definition) is 1. The molecule has 1 heterocycles. The third kappa shape index (κ3) is 5.30. The highest BCUT2D eigenvalue weighted by Crippen LogP contribution is 2.32. The first-order valence-electron chi connectivity index (χ1n) is 6.17. The van der Waals surface area contributed by atoms with Gasteiger partial charge < -0.3 is 5.32 Å². The molecule has 1 amide bonds. The lowest BCUT2D eigenvalue weighted by molar-refractivity contribution is -0.105. The molecule has 1 aromatic carbocycles. The number of carbonyl (C=O) groups is 1. The molecule has 0 aliphatic heterocycles. The highest BCUT2D eigenvalue weighted by Gasteiger charge is 2.27. The molecule has 122 valence electrons. The first-order valence-corrected chi connectivity index (χ1v) is 7.91. The lowest BCUT2D eigenvalue weighted by atomic mass is 10.2. The number of nitrogens with zero attached hydrogens (tertiary/aromatic N) is 1. The number of aromatic nitrogens is 1. The van der Waals surface area contributed by atoms with Crippen molar-refractivity contribution in [2.75, 3.05) is 11.1 Å². The second-order valence-corrected chi connectivity index (χ2v) is 6.13. The molecule has 0 aliphatic carbocycles. The third-order valence-electron chi connectivity index (χ3n) is 2.59. The van der Waals surface area contributed by atoms with Crippen LogP contribution < -0.4 is 5.32 Å². The van der Waals surface area contributed by atoms with E-state index in [9.17, 15) is 18.0 Å². The van der Waals surface area contributed by atoms with Crippen LogP contribution in [0.2, 0.25) is 10.2 Å². The summed E-state index contributed by atoms with van der Waals surface area (Å²) in [4.78, 5) is 16.2. The molecule has 0 atom stereocenters. The molecule has 0 radical (unpaired) electrons. The Hall–Kier alpha value is -1.44. The van der Waals surface area contributed by atoms with Crippen molar-refractivity contribution >= 4 is 46.6 Å². The van der Waals surface area contributed by atoms with Crippen LogP contribution in [0.4, 0.5) is 18.9 Å². The fourth-order valence-corrected chi connectivity index (χ4v) is 2.63. The molecule has 0 aliphatic rings. The lowest BCUT2D eigenvalue weighted by Crippen LogP contribution is -2.14. The van der Waals surface area contributed by atoms with Gasteiger partial charge in [-0.15, -0.1) is 11.8 Å². The predicted molar refractivity (Wildman–Crippen MR) is 85.4 cm³/mol. The molecular weight excluding hydrogens is 372 g/mol. The Balaban J connectivity index is 2.16. The van der Waals surface area contributed by atoms with Crippen LogP contribution >= 0.6 is 35.0 Å². The van der Waals surface area contributed by atoms with Crippen LogP contribution in [-0.2, 0) is 0 Å². The van der Waals surface area contributed by atoms with Gasteiger partial charge in [-0.1, -0.05) is 35.3 Å². The zero-order chi connectivity index (χ0) is 17.0. The number of benzene rings is 1. The summed E-state index contributed by atoms with van der Waals surface area (Å²) in [5.41, 5.74) is 0.424. The van der Waals surface area contributed by atoms with Crippen LogP contribution in [0, 0.1) is 0 Å². The number of pyridine rings is 1. The maximum atomic E-state index is 12.3. The van der Waals surface area contributed by atoms with Crippen LogP contribution in [0.15, 0.2) is 41.4 Å². The number of nitrogens with one attached hydrogen (secondary N) is 1. The smallest absolute Gasteiger partial charge is 0.321 e. The quantitative estimate of drug-likeness (QED) is 0.578. The number of thioether (sulfide) groups is 1. The van der Waals surface area contributed by atoms with Gasteiger partial charge in [0.05, 0.1) is 22.0 Å². The average molecular weight is 381 g/mol. The summed E-state index contributed by atoms with van der Waals surface area (Å²) >= 11 is 12.1. The lowest BCUT2D eigenvalue weighted by Gasteiger charge is -2.12. The number of carbonyl (C=O) groups excluding carboxylic acids is 1. The molecule has 9 heteroatoms. The van der Waals surface area contributed by atoms with E-state index >= 15 is 0 Å². The van der Waals surface area contributed by atoms with Crippen molar-refractivity contribution in [2.24, 2.45) is 0 Å². The number of rotatable bonds is 4. The summed E-state index contributed by atoms with van der Waals surface area (Å²) in [5.74, 6) is -1.59. The first kappa shape index (κ1) is 17.9. The van der Waals surface area contributed by atoms with E-state index < -0.39 is 17.8 Å². The van der Waals surface area contributed by atoms with Gasteiger partial charge in [0.1, 0.15) is 5.15 Å². The van der Waals surface area contributed by atoms with Crippen LogP contribution in [-0.4, -0.2) is 22.8 Å². The summed E-state index contributed by atoms with van der Waals surface area (Å²) in [6.45, 7) is 0. The van der Waals surface area contributed by atoms with Crippen LogP contribution in [0.5, 0.6) is 0 Å². The standard InChI is InChI=1S/C14H9Cl2F3N2OS/c15-9-5-8(6-20-12(9)16)13(22)21-10-3-1-2-4-11(10)23-7-14(17,18)19/h1-6H,7H2,(H,21,22). The number of alkyl halides is 3. The fourth-order valence-electron chi connectivity index (χ4n) is 1.60. The number of amides is 1. The Bertz CT molecular complexity index is 725. The van der Waals surface area contributed by atoms with Crippen molar-refractivity contribution < 1.29 is 18.0 Å². The van der Waals surface area contributed by atoms with Crippen LogP contribution in [0.25, 0.3) is 0 Å². The highest BCUT2D eigenvalue weighted by molar-refractivity contribution is 7.99. The van der Waals surface area contributed by atoms with Gasteiger partial charge in [-0.25, -0.2) is 4.98 Å². The van der Waals surface area contributed by atoms with E-state index in [1.165, 1.54) is 24.4 Å². The largest absolute Gasteiger partial charge is 0.398 e. The highest BCUT2D eigenvalue weighted by atomic mass is 35.5. The van der Waals surface area contributed by atoms with Crippen LogP contribution in [0.1, 0.15) is 10.4 Å². The van der Waals surface area contributed by atoms with E-state index in [-0.39, 0.29) is 21.4 Å². The summed E-state index contributed by atoms with van der Waals surface area (Å²) in [5, 5.41) is 2.71. The van der Waals surface area contributed by atoms with Crippen LogP contribution in [0.3, 0.4) is 0 Å². The molecule has 1 aromatic heterocycles. The van der Waals surface area contributed by atoms with E-state index in [2.05, 4.69) is 10.3 Å². The van der Waals surface area contributed by atoms with Gasteiger partial charge in [0.15, 0.2) is 0 Å². The number of anilines is 1. The molecule has 2 aromatic rings. The minimum atomic E-state index is -4.30. The second kappa shape index (κ2) is 7.42. The van der Waals surface area contributed by atoms with Crippen molar-refractivity contribution in [3.8, 4) is 0 Å². The van der Waals surface area contributed by atoms with Crippen molar-refractivity contribution in [3.05, 3.63) is 52.3 Å². The Morgan fingerprint density at radius 1 is 1.26 bits per heavy atom. The Labute approximate surface area is 144 Å². The molecular formula is C14H9Cl2F3N2OS. The van der Waals surface area contributed by atoms with Gasteiger partial charge >= 0.3 is 6.18 Å². The van der Waals surface area contributed by atoms with Crippen molar-refractivity contribution in [3.63, 3.8) is 0 Å². The second-order valence-electron chi connectivity index (χ2n) is 4.35. The molecule has 23 heavy (non-hydrogen) atoms. The van der Waals surface area contributed by atoms with Gasteiger partial charge in [0.2, 0.25) is 0 Å². The molecule has 0 fully saturated rings. The molecule has 2 rings (SSSR count). The van der Waals surface area contributed by atoms with Gasteiger partial charge in [-0.3, -0.25) is 4.79 Å². The molecule has 0 bridgehead atoms. The van der Waals surface area contributed by atoms with Gasteiger partial charge in [0.25, 0.3) is 5.91 Å². The SMILES string of the molecule is O=C(Nc1ccccc1SCC(F)(F)F)c1cnc(Cl)c(Cl)c1. The summed E-state index contributed by atoms with van der Waals surface area (Å²) in [6, 6.07) is 7.55. The minimum absolute atomic E-state index is 0.0596. The van der Waals surface area contributed by atoms with E-state index in [0.29, 0.717) is 16.7 Å². The molecule has 0 saturated carbocycles. The Morgan fingerprint density at radius 2 is 1.96 bits per heavy atom. The van der Waals surface area contributed by atoms with Crippen molar-refractivity contribution in [2.45, 2.75) is 11.1 Å². The molecule has 0 unspecified atom stereocenters. The first-order chi connectivity index (χ1) is 10.8. The van der Waals surface area contributed by atoms with E-state index in [4.69, 9.17) is 23.2 Å². The molecule has 1 N–H and O–H groups in total. The zero-order valence-corrected chi connectivity index (χ0v) is 13.7. The van der Waals surface area contributed by atoms with E-state index in [0.717, 1.165) is 0 Å². The minimum Gasteiger partial charge on any atom is -0.321 e. The normalized spacial score (nSPS) is 11.3. The topological polar surface area (TPSA) is 42.0 Å². The maximum absolute atomic E-state index is 12.3. The maximum Gasteiger partial charge on any atom is 0.398 e. The monoisotopic (exact) mass is 380 g/mol. The van der Waals surface area contributed by atoms with E-state index in [1.807, 2.05) is 0 Å². The van der Waals surface area contributed by atoms with Crippen molar-refractivity contribution in [1.82, 2.24) is 4.98 Å². The van der Waals surface area contributed by atoms with Gasteiger partial charge in [-0.2, -0.15) is 13.2 Å². The van der Waals surface area contributed by atoms with Gasteiger partial charge in [-0.05, 0) is 18.2 Å². The fraction of sp³-hybridized carbons (Fsp3) is 0.143. The molecule has 3 nitrogen and oxygen atoms in total. The number of hydrogen-bond acceptors (Lipinski definition) is 3. The predicted octanol–water partition coefficient (Wildman–Crippen LogP) is 5.30. The Morgan fingerprint density at radius 3 is 2.61 bits per heavy atom. The number of halogens is 5.